The summed E-state index contributed by atoms with van der Waals surface area (Å²) in [5, 5.41) is 8.10. The van der Waals surface area contributed by atoms with Gasteiger partial charge >= 0.3 is 0 Å². The van der Waals surface area contributed by atoms with Gasteiger partial charge in [0.1, 0.15) is 0 Å². The number of amides is 1. The second-order valence-corrected chi connectivity index (χ2v) is 5.93. The zero-order chi connectivity index (χ0) is 15.5. The van der Waals surface area contributed by atoms with E-state index in [4.69, 9.17) is 5.73 Å². The number of nitrogens with two attached hydrogens (primary N) is 1. The van der Waals surface area contributed by atoms with Crippen LogP contribution in [0.5, 0.6) is 0 Å². The minimum Gasteiger partial charge on any atom is -0.334 e. The van der Waals surface area contributed by atoms with Gasteiger partial charge in [-0.25, -0.2) is 4.68 Å². The summed E-state index contributed by atoms with van der Waals surface area (Å²) in [7, 11) is 0. The maximum atomic E-state index is 12.6. The van der Waals surface area contributed by atoms with Gasteiger partial charge in [0.15, 0.2) is 5.69 Å². The average molecular weight is 299 g/mol. The average Bonchev–Trinajstić information content (AvgIpc) is 3.14. The molecule has 2 unspecified atom stereocenters. The number of aromatic nitrogens is 3. The summed E-state index contributed by atoms with van der Waals surface area (Å²) >= 11 is 0. The Bertz CT molecular complexity index is 639. The van der Waals surface area contributed by atoms with Gasteiger partial charge in [-0.1, -0.05) is 35.5 Å². The van der Waals surface area contributed by atoms with Crippen LogP contribution in [0.1, 0.15) is 29.4 Å². The molecule has 3 rings (SSSR count). The Morgan fingerprint density at radius 2 is 2.14 bits per heavy atom. The molecule has 1 aromatic carbocycles. The summed E-state index contributed by atoms with van der Waals surface area (Å²) in [5.41, 5.74) is 7.25. The highest BCUT2D eigenvalue weighted by Gasteiger charge is 2.33. The van der Waals surface area contributed by atoms with Crippen LogP contribution in [0.2, 0.25) is 0 Å². The fourth-order valence-corrected chi connectivity index (χ4v) is 2.99. The Morgan fingerprint density at radius 1 is 1.36 bits per heavy atom. The summed E-state index contributed by atoms with van der Waals surface area (Å²) in [6.45, 7) is 4.00. The van der Waals surface area contributed by atoms with E-state index in [1.807, 2.05) is 35.2 Å². The van der Waals surface area contributed by atoms with E-state index in [1.165, 1.54) is 0 Å². The molecule has 1 aliphatic heterocycles. The van der Waals surface area contributed by atoms with Crippen LogP contribution in [0, 0.1) is 5.92 Å². The predicted octanol–water partition coefficient (Wildman–Crippen LogP) is 1.14. The first-order valence-electron chi connectivity index (χ1n) is 7.62. The predicted molar refractivity (Wildman–Crippen MR) is 83.2 cm³/mol. The van der Waals surface area contributed by atoms with Crippen molar-refractivity contribution in [3.8, 4) is 0 Å². The van der Waals surface area contributed by atoms with Crippen LogP contribution in [0.3, 0.4) is 0 Å². The largest absolute Gasteiger partial charge is 0.334 e. The second kappa shape index (κ2) is 6.27. The number of rotatable bonds is 4. The van der Waals surface area contributed by atoms with E-state index in [0.29, 0.717) is 31.2 Å². The normalized spacial score (nSPS) is 21.3. The number of nitrogens with zero attached hydrogens (tertiary/aromatic N) is 4. The summed E-state index contributed by atoms with van der Waals surface area (Å²) in [6, 6.07) is 10.2. The minimum atomic E-state index is -0.0530. The van der Waals surface area contributed by atoms with Crippen molar-refractivity contribution in [3.63, 3.8) is 0 Å². The molecule has 0 spiro atoms. The first-order valence-corrected chi connectivity index (χ1v) is 7.62. The van der Waals surface area contributed by atoms with Gasteiger partial charge in [-0.3, -0.25) is 4.79 Å². The molecule has 6 heteroatoms. The molecule has 0 saturated carbocycles. The summed E-state index contributed by atoms with van der Waals surface area (Å²) < 4.78 is 1.70. The number of carbonyl (C=O) groups excluding carboxylic acids is 1. The van der Waals surface area contributed by atoms with Crippen LogP contribution in [0.15, 0.2) is 36.5 Å². The number of hydrogen-bond donors (Lipinski definition) is 1. The Morgan fingerprint density at radius 3 is 2.82 bits per heavy atom. The SMILES string of the molecule is CC1CC(CN)CN1C(=O)c1cn(Cc2ccccc2)nn1. The molecule has 116 valence electrons. The maximum absolute atomic E-state index is 12.6. The van der Waals surface area contributed by atoms with E-state index in [9.17, 15) is 4.79 Å². The van der Waals surface area contributed by atoms with Gasteiger partial charge in [-0.2, -0.15) is 0 Å². The zero-order valence-corrected chi connectivity index (χ0v) is 12.7. The topological polar surface area (TPSA) is 77.0 Å². The van der Waals surface area contributed by atoms with Crippen molar-refractivity contribution >= 4 is 5.91 Å². The quantitative estimate of drug-likeness (QED) is 0.918. The lowest BCUT2D eigenvalue weighted by Crippen LogP contribution is -2.34. The number of benzene rings is 1. The third kappa shape index (κ3) is 3.01. The van der Waals surface area contributed by atoms with Gasteiger partial charge in [-0.05, 0) is 31.4 Å². The molecule has 6 nitrogen and oxygen atoms in total. The molecule has 2 heterocycles. The lowest BCUT2D eigenvalue weighted by atomic mass is 10.1. The molecule has 2 atom stereocenters. The molecule has 2 aromatic rings. The Balaban J connectivity index is 1.69. The van der Waals surface area contributed by atoms with E-state index in [1.54, 1.807) is 10.9 Å². The molecule has 1 fully saturated rings. The Labute approximate surface area is 129 Å². The maximum Gasteiger partial charge on any atom is 0.276 e. The van der Waals surface area contributed by atoms with E-state index in [0.717, 1.165) is 12.0 Å². The molecule has 0 radical (unpaired) electrons. The van der Waals surface area contributed by atoms with E-state index < -0.39 is 0 Å². The molecule has 1 amide bonds. The second-order valence-electron chi connectivity index (χ2n) is 5.93. The highest BCUT2D eigenvalue weighted by molar-refractivity contribution is 5.92. The number of likely N-dealkylation sites (tertiary alicyclic amines) is 1. The zero-order valence-electron chi connectivity index (χ0n) is 12.7. The third-order valence-corrected chi connectivity index (χ3v) is 4.20. The van der Waals surface area contributed by atoms with Gasteiger partial charge < -0.3 is 10.6 Å². The van der Waals surface area contributed by atoms with Crippen LogP contribution < -0.4 is 5.73 Å². The van der Waals surface area contributed by atoms with Gasteiger partial charge in [0.25, 0.3) is 5.91 Å². The first kappa shape index (κ1) is 14.7. The van der Waals surface area contributed by atoms with E-state index in [-0.39, 0.29) is 11.9 Å². The van der Waals surface area contributed by atoms with Gasteiger partial charge in [-0.15, -0.1) is 5.10 Å². The highest BCUT2D eigenvalue weighted by Crippen LogP contribution is 2.23. The summed E-state index contributed by atoms with van der Waals surface area (Å²) in [6.07, 6.45) is 2.68. The number of hydrogen-bond acceptors (Lipinski definition) is 4. The van der Waals surface area contributed by atoms with Crippen LogP contribution in [0.25, 0.3) is 0 Å². The molecule has 22 heavy (non-hydrogen) atoms. The molecule has 2 N–H and O–H groups in total. The lowest BCUT2D eigenvalue weighted by molar-refractivity contribution is 0.0737. The number of carbonyl (C=O) groups is 1. The monoisotopic (exact) mass is 299 g/mol. The minimum absolute atomic E-state index is 0.0530. The van der Waals surface area contributed by atoms with Crippen molar-refractivity contribution in [2.24, 2.45) is 11.7 Å². The van der Waals surface area contributed by atoms with E-state index in [2.05, 4.69) is 17.2 Å². The van der Waals surface area contributed by atoms with E-state index >= 15 is 0 Å². The third-order valence-electron chi connectivity index (χ3n) is 4.20. The molecule has 0 bridgehead atoms. The Hall–Kier alpha value is -2.21. The first-order chi connectivity index (χ1) is 10.7. The van der Waals surface area contributed by atoms with Crippen molar-refractivity contribution in [1.82, 2.24) is 19.9 Å². The van der Waals surface area contributed by atoms with Gasteiger partial charge in [0, 0.05) is 12.6 Å². The Kier molecular flexibility index (Phi) is 4.20. The van der Waals surface area contributed by atoms with Crippen LogP contribution in [-0.4, -0.2) is 44.9 Å². The summed E-state index contributed by atoms with van der Waals surface area (Å²) in [4.78, 5) is 14.4. The molecular formula is C16H21N5O. The van der Waals surface area contributed by atoms with Crippen molar-refractivity contribution in [3.05, 3.63) is 47.8 Å². The van der Waals surface area contributed by atoms with Gasteiger partial charge in [0.2, 0.25) is 0 Å². The smallest absolute Gasteiger partial charge is 0.276 e. The lowest BCUT2D eigenvalue weighted by Gasteiger charge is -2.19. The van der Waals surface area contributed by atoms with Crippen molar-refractivity contribution in [1.29, 1.82) is 0 Å². The molecule has 1 aromatic heterocycles. The van der Waals surface area contributed by atoms with Gasteiger partial charge in [0.05, 0.1) is 12.7 Å². The fourth-order valence-electron chi connectivity index (χ4n) is 2.99. The molecule has 0 aliphatic carbocycles. The molecular weight excluding hydrogens is 278 g/mol. The van der Waals surface area contributed by atoms with Crippen molar-refractivity contribution in [2.75, 3.05) is 13.1 Å². The van der Waals surface area contributed by atoms with Crippen molar-refractivity contribution in [2.45, 2.75) is 25.9 Å². The fraction of sp³-hybridized carbons (Fsp3) is 0.438. The summed E-state index contributed by atoms with van der Waals surface area (Å²) in [5.74, 6) is 0.334. The standard InChI is InChI=1S/C16H21N5O/c1-12-7-14(8-17)10-21(12)16(22)15-11-20(19-18-15)9-13-5-3-2-4-6-13/h2-6,11-12,14H,7-10,17H2,1H3. The molecule has 1 saturated heterocycles. The van der Waals surface area contributed by atoms with Crippen LogP contribution in [-0.2, 0) is 6.54 Å². The van der Waals surface area contributed by atoms with Crippen LogP contribution >= 0.6 is 0 Å². The molecule has 1 aliphatic rings. The van der Waals surface area contributed by atoms with Crippen LogP contribution in [0.4, 0.5) is 0 Å². The highest BCUT2D eigenvalue weighted by atomic mass is 16.2. The van der Waals surface area contributed by atoms with Crippen molar-refractivity contribution < 1.29 is 4.79 Å².